The zero-order valence-corrected chi connectivity index (χ0v) is 97.8. The van der Waals surface area contributed by atoms with E-state index in [0.29, 0.717) is 25.9 Å². The van der Waals surface area contributed by atoms with E-state index in [1.807, 2.05) is 132 Å². The van der Waals surface area contributed by atoms with Crippen LogP contribution in [0.25, 0.3) is 86.7 Å². The number of carboxylic acid groups (broad SMARTS) is 8. The molecule has 0 unspecified atom stereocenters. The van der Waals surface area contributed by atoms with Crippen molar-refractivity contribution in [3.05, 3.63) is 219 Å². The Morgan fingerprint density at radius 3 is 0.708 bits per heavy atom. The molecule has 4 heterocycles. The molecule has 0 bridgehead atoms. The molecular weight excluding hydrogens is 2550 g/mol. The summed E-state index contributed by atoms with van der Waals surface area (Å²) < 4.78 is 0. The minimum atomic E-state index is -0.975. The number of para-hydroxylation sites is 4. The van der Waals surface area contributed by atoms with Crippen molar-refractivity contribution in [2.45, 2.75) is 303 Å². The molecule has 0 aliphatic carbocycles. The van der Waals surface area contributed by atoms with Crippen LogP contribution in [0.3, 0.4) is 0 Å². The standard InChI is InChI=1S/4C13H9N.2C10H20O2.2C9H19NO2.C6H12O2.3C5H11NO2.4H3N.4Pt/c4*1-2-6-11-10(5-1)9-14-13-8-4-3-7-12(11)13;1-9(2,3)7-10(4,5)6-8(11)12;1-2-3-4-5-6-7-8-9-10(11)12;1-8(2,3)6-9(4,5)10-7(11)12;1-2-3-4-5-6-7-8-10-9(11)12;1-2-3-4-5-6(7)8;2*1-5(2,3)6-4(7)8;1-2-3-4-6-5(7)8;;;;;;;;/h4*1-9H;6-7H2,1-5H3,(H,11,12);2-9H2,1H3,(H,11,12);10H,6H2,1-5H3,(H,11,12);10H,2-8H2,1H3,(H,11,12);2-5H2,1H3,(H,7,8);2*6H,1-3H3,(H,7,8);6H,2-4H2,1H3,(H,7,8);4*1H3;;;;. The van der Waals surface area contributed by atoms with Crippen LogP contribution in [-0.2, 0) is 98.6 Å². The number of unbranched alkanes of at least 4 members (excludes halogenated alkanes) is 14. The van der Waals surface area contributed by atoms with Crippen molar-refractivity contribution in [2.24, 2.45) is 16.2 Å². The molecule has 33 heteroatoms. The van der Waals surface area contributed by atoms with Crippen LogP contribution >= 0.6 is 0 Å². The first-order chi connectivity index (χ1) is 64.0. The Hall–Kier alpha value is -10.2. The number of benzene rings is 8. The molecule has 8 aromatic carbocycles. The minimum Gasteiger partial charge on any atom is -0.481 e. The third kappa shape index (κ3) is 74.6. The van der Waals surface area contributed by atoms with Crippen LogP contribution in [0.1, 0.15) is 286 Å². The summed E-state index contributed by atoms with van der Waals surface area (Å²) in [6.07, 6.45) is 26.0. The van der Waals surface area contributed by atoms with E-state index >= 15 is 0 Å². The van der Waals surface area contributed by atoms with Crippen LogP contribution in [0.15, 0.2) is 219 Å². The van der Waals surface area contributed by atoms with Crippen LogP contribution in [0.2, 0.25) is 0 Å². The average molecular weight is 2720 g/mol. The fourth-order valence-corrected chi connectivity index (χ4v) is 14.7. The van der Waals surface area contributed by atoms with E-state index < -0.39 is 48.4 Å². The van der Waals surface area contributed by atoms with Gasteiger partial charge in [-0.3, -0.25) is 34.3 Å². The second kappa shape index (κ2) is 81.9. The number of aliphatic carboxylic acids is 3. The van der Waals surface area contributed by atoms with Crippen molar-refractivity contribution >= 4 is 135 Å². The summed E-state index contributed by atoms with van der Waals surface area (Å²) in [7, 11) is 0. The van der Waals surface area contributed by atoms with Gasteiger partial charge in [0.25, 0.3) is 0 Å². The first-order valence-corrected chi connectivity index (χ1v) is 47.5. The van der Waals surface area contributed by atoms with Gasteiger partial charge in [0, 0.05) is 195 Å². The van der Waals surface area contributed by atoms with E-state index in [2.05, 4.69) is 230 Å². The maximum atomic E-state index is 10.5. The molecule has 4 aromatic heterocycles. The first-order valence-electron chi connectivity index (χ1n) is 47.5. The largest absolute Gasteiger partial charge is 0.481 e. The van der Waals surface area contributed by atoms with Crippen molar-refractivity contribution in [3.8, 4) is 0 Å². The van der Waals surface area contributed by atoms with E-state index in [9.17, 15) is 38.4 Å². The number of hydrogen-bond donors (Lipinski definition) is 17. The summed E-state index contributed by atoms with van der Waals surface area (Å²) >= 11 is 0. The molecule has 0 aliphatic rings. The van der Waals surface area contributed by atoms with Crippen molar-refractivity contribution in [3.63, 3.8) is 0 Å². The van der Waals surface area contributed by atoms with Crippen LogP contribution in [0.5, 0.6) is 0 Å². The predicted octanol–water partition coefficient (Wildman–Crippen LogP) is 30.2. The summed E-state index contributed by atoms with van der Waals surface area (Å²) in [6, 6.07) is 66.3. The average Bonchev–Trinajstić information content (AvgIpc) is 0.811. The fourth-order valence-electron chi connectivity index (χ4n) is 14.7. The maximum absolute atomic E-state index is 10.5. The number of carboxylic acids is 3. The number of pyridine rings is 4. The fraction of sp³-hybridized carbons (Fsp3) is 0.459. The van der Waals surface area contributed by atoms with Gasteiger partial charge in [-0.15, -0.1) is 0 Å². The zero-order valence-electron chi connectivity index (χ0n) is 88.7. The molecule has 816 valence electrons. The predicted molar refractivity (Wildman–Crippen MR) is 581 cm³/mol. The van der Waals surface area contributed by atoms with Gasteiger partial charge in [0.15, 0.2) is 0 Å². The Bertz CT molecular complexity index is 4750. The van der Waals surface area contributed by atoms with Gasteiger partial charge in [0.2, 0.25) is 0 Å². The van der Waals surface area contributed by atoms with Gasteiger partial charge in [0.1, 0.15) is 0 Å². The molecule has 0 radical (unpaired) electrons. The van der Waals surface area contributed by atoms with Crippen molar-refractivity contribution in [1.82, 2.24) is 71.1 Å². The van der Waals surface area contributed by atoms with Crippen LogP contribution < -0.4 is 51.2 Å². The normalized spacial score (nSPS) is 10.2. The molecular formula is C111H171N13O16Pt4. The van der Waals surface area contributed by atoms with E-state index in [1.165, 1.54) is 122 Å². The number of carbonyl (C=O) groups is 8. The molecule has 0 saturated heterocycles. The number of aromatic nitrogens is 4. The van der Waals surface area contributed by atoms with Crippen LogP contribution in [0.4, 0.5) is 24.0 Å². The van der Waals surface area contributed by atoms with Crippen LogP contribution in [-0.4, -0.2) is 139 Å². The summed E-state index contributed by atoms with van der Waals surface area (Å²) in [5, 5.41) is 92.7. The van der Waals surface area contributed by atoms with Crippen molar-refractivity contribution in [1.29, 1.82) is 0 Å². The third-order valence-electron chi connectivity index (χ3n) is 19.6. The van der Waals surface area contributed by atoms with Crippen molar-refractivity contribution in [2.75, 3.05) is 13.1 Å². The molecule has 0 fully saturated rings. The second-order valence-corrected chi connectivity index (χ2v) is 39.0. The molecule has 12 aromatic rings. The van der Waals surface area contributed by atoms with Gasteiger partial charge in [-0.25, -0.2) is 24.0 Å². The summed E-state index contributed by atoms with van der Waals surface area (Å²) in [6.45, 7) is 40.9. The van der Waals surface area contributed by atoms with E-state index in [0.717, 1.165) is 92.7 Å². The van der Waals surface area contributed by atoms with Gasteiger partial charge in [-0.1, -0.05) is 343 Å². The molecule has 0 aliphatic heterocycles. The number of hydrogen-bond acceptors (Lipinski definition) is 16. The molecule has 144 heavy (non-hydrogen) atoms. The monoisotopic (exact) mass is 2720 g/mol. The molecule has 25 N–H and O–H groups in total. The van der Waals surface area contributed by atoms with Gasteiger partial charge in [-0.05, 0) is 156 Å². The second-order valence-electron chi connectivity index (χ2n) is 39.0. The number of rotatable bonds is 27. The number of nitrogens with one attached hydrogen (secondary N) is 5. The molecule has 0 atom stereocenters. The summed E-state index contributed by atoms with van der Waals surface area (Å²) in [5.74, 6) is -2.05. The molecule has 12 rings (SSSR count). The summed E-state index contributed by atoms with van der Waals surface area (Å²) in [4.78, 5) is 98.1. The molecule has 5 amide bonds. The van der Waals surface area contributed by atoms with Gasteiger partial charge >= 0.3 is 48.4 Å². The Kier molecular flexibility index (Phi) is 84.8. The minimum absolute atomic E-state index is 0. The Labute approximate surface area is 913 Å². The van der Waals surface area contributed by atoms with E-state index in [4.69, 9.17) is 40.9 Å². The van der Waals surface area contributed by atoms with Crippen LogP contribution in [0, 0.1) is 16.2 Å². The smallest absolute Gasteiger partial charge is 0.405 e. The molecule has 0 saturated carbocycles. The number of fused-ring (bicyclic) bond motifs is 12. The Morgan fingerprint density at radius 2 is 0.479 bits per heavy atom. The van der Waals surface area contributed by atoms with Gasteiger partial charge < -0.3 is 92.0 Å². The van der Waals surface area contributed by atoms with E-state index in [1.54, 1.807) is 41.5 Å². The number of amides is 5. The Morgan fingerprint density at radius 1 is 0.257 bits per heavy atom. The van der Waals surface area contributed by atoms with Gasteiger partial charge in [-0.2, -0.15) is 0 Å². The van der Waals surface area contributed by atoms with E-state index in [-0.39, 0.29) is 148 Å². The summed E-state index contributed by atoms with van der Waals surface area (Å²) in [5.41, 5.74) is 3.51. The Balaban J connectivity index is -0.000000234. The first kappa shape index (κ1) is 149. The molecule has 29 nitrogen and oxygen atoms in total. The molecule has 0 spiro atoms. The quantitative estimate of drug-likeness (QED) is 0.0168. The third-order valence-corrected chi connectivity index (χ3v) is 19.6. The number of nitrogens with zero attached hydrogens (tertiary/aromatic N) is 4. The zero-order chi connectivity index (χ0) is 102. The SMILES string of the molecule is CC(C)(C)CC(C)(C)CC(=O)O.CC(C)(C)CC(C)(C)NC(=O)O.CC(C)(C)NC(=O)O.CC(C)(C)NC(=O)O.CCCCCC(=O)O.CCCCCCCCCC(=O)O.CCCCCCCCNC(=O)O.CCCCNC(=O)O.N.N.N.N.[Pt].[Pt].[Pt].[Pt].c1ccc2c(c1)cnc1ccccc12.c1ccc2c(c1)cnc1ccccc12.c1ccc2c(c1)cnc1ccccc12.c1ccc2c(c1)cnc1ccccc12. The maximum Gasteiger partial charge on any atom is 0.405 e. The topological polar surface area (TPSA) is 550 Å². The van der Waals surface area contributed by atoms with Crippen molar-refractivity contribution < 1.29 is 163 Å². The van der Waals surface area contributed by atoms with Gasteiger partial charge in [0.05, 0.1) is 28.5 Å².